The highest BCUT2D eigenvalue weighted by molar-refractivity contribution is 6.07. The van der Waals surface area contributed by atoms with Crippen LogP contribution in [0.25, 0.3) is 89.4 Å². The first-order valence-corrected chi connectivity index (χ1v) is 15.4. The maximum Gasteiger partial charge on any atom is 0.164 e. The molecule has 220 valence electrons. The lowest BCUT2D eigenvalue weighted by molar-refractivity contribution is 0.667. The Labute approximate surface area is 270 Å². The van der Waals surface area contributed by atoms with Crippen molar-refractivity contribution < 1.29 is 4.42 Å². The Balaban J connectivity index is 1.13. The molecule has 0 N–H and O–H groups in total. The minimum absolute atomic E-state index is 0.619. The molecule has 9 aromatic rings. The van der Waals surface area contributed by atoms with Crippen LogP contribution in [0, 0.1) is 0 Å². The SMILES string of the molecule is c1ccc(-c2nc(-c3ccccc3)nc(-c3cccc(-c4ccc5oc6cnc(-c7cc8ccccc8cn7)cc6c5c4)c3)n2)cc1. The fourth-order valence-corrected chi connectivity index (χ4v) is 6.00. The number of fused-ring (bicyclic) bond motifs is 4. The zero-order valence-electron chi connectivity index (χ0n) is 25.1. The lowest BCUT2D eigenvalue weighted by Crippen LogP contribution is -2.00. The molecule has 5 aromatic carbocycles. The third-order valence-corrected chi connectivity index (χ3v) is 8.40. The predicted octanol–water partition coefficient (Wildman–Crippen LogP) is 10.0. The van der Waals surface area contributed by atoms with Gasteiger partial charge in [0.2, 0.25) is 0 Å². The van der Waals surface area contributed by atoms with Crippen LogP contribution in [0.2, 0.25) is 0 Å². The van der Waals surface area contributed by atoms with Crippen molar-refractivity contribution in [1.29, 1.82) is 0 Å². The van der Waals surface area contributed by atoms with Crippen molar-refractivity contribution in [3.05, 3.63) is 152 Å². The number of furan rings is 1. The molecule has 9 rings (SSSR count). The topological polar surface area (TPSA) is 77.6 Å². The summed E-state index contributed by atoms with van der Waals surface area (Å²) in [7, 11) is 0. The molecule has 0 radical (unpaired) electrons. The molecule has 4 aromatic heterocycles. The summed E-state index contributed by atoms with van der Waals surface area (Å²) in [6.45, 7) is 0. The normalized spacial score (nSPS) is 11.4. The van der Waals surface area contributed by atoms with Crippen molar-refractivity contribution in [2.45, 2.75) is 0 Å². The molecule has 0 aliphatic heterocycles. The van der Waals surface area contributed by atoms with Crippen LogP contribution in [0.1, 0.15) is 0 Å². The molecular weight excluding hydrogens is 578 g/mol. The number of hydrogen-bond donors (Lipinski definition) is 0. The summed E-state index contributed by atoms with van der Waals surface area (Å²) >= 11 is 0. The van der Waals surface area contributed by atoms with Gasteiger partial charge in [-0.2, -0.15) is 0 Å². The number of benzene rings is 5. The molecule has 0 bridgehead atoms. The standard InChI is InChI=1S/C41H25N5O/c1-3-10-26(11-4-1)39-44-40(27-12-5-2-6-13-27)46-41(45-39)31-17-9-16-28(20-31)30-18-19-37-33(21-30)34-23-36(43-25-38(34)47-37)35-22-29-14-7-8-15-32(29)24-42-35/h1-25H. The van der Waals surface area contributed by atoms with Crippen molar-refractivity contribution in [2.75, 3.05) is 0 Å². The third kappa shape index (κ3) is 4.98. The Hall–Kier alpha value is -6.53. The molecule has 0 amide bonds. The quantitative estimate of drug-likeness (QED) is 0.195. The van der Waals surface area contributed by atoms with Crippen molar-refractivity contribution in [2.24, 2.45) is 0 Å². The largest absolute Gasteiger partial charge is 0.454 e. The smallest absolute Gasteiger partial charge is 0.164 e. The summed E-state index contributed by atoms with van der Waals surface area (Å²) in [6, 6.07) is 47.0. The number of rotatable bonds is 5. The van der Waals surface area contributed by atoms with E-state index in [-0.39, 0.29) is 0 Å². The second-order valence-corrected chi connectivity index (χ2v) is 11.4. The van der Waals surface area contributed by atoms with Gasteiger partial charge in [-0.3, -0.25) is 9.97 Å². The first-order valence-electron chi connectivity index (χ1n) is 15.4. The first-order chi connectivity index (χ1) is 23.2. The van der Waals surface area contributed by atoms with E-state index < -0.39 is 0 Å². The summed E-state index contributed by atoms with van der Waals surface area (Å²) in [5.41, 5.74) is 8.07. The Bertz CT molecular complexity index is 2520. The van der Waals surface area contributed by atoms with E-state index >= 15 is 0 Å². The van der Waals surface area contributed by atoms with E-state index in [0.717, 1.165) is 71.9 Å². The maximum absolute atomic E-state index is 6.20. The Morgan fingerprint density at radius 2 is 0.915 bits per heavy atom. The Morgan fingerprint density at radius 3 is 1.66 bits per heavy atom. The first kappa shape index (κ1) is 26.8. The minimum atomic E-state index is 0.619. The van der Waals surface area contributed by atoms with Crippen molar-refractivity contribution in [3.8, 4) is 56.7 Å². The van der Waals surface area contributed by atoms with Crippen LogP contribution < -0.4 is 0 Å². The van der Waals surface area contributed by atoms with E-state index in [0.29, 0.717) is 17.5 Å². The zero-order chi connectivity index (χ0) is 31.2. The zero-order valence-corrected chi connectivity index (χ0v) is 25.1. The molecule has 0 atom stereocenters. The Morgan fingerprint density at radius 1 is 0.362 bits per heavy atom. The molecule has 0 saturated carbocycles. The van der Waals surface area contributed by atoms with Crippen molar-refractivity contribution in [1.82, 2.24) is 24.9 Å². The second-order valence-electron chi connectivity index (χ2n) is 11.4. The second kappa shape index (κ2) is 11.1. The van der Waals surface area contributed by atoms with Crippen molar-refractivity contribution >= 4 is 32.7 Å². The van der Waals surface area contributed by atoms with Gasteiger partial charge >= 0.3 is 0 Å². The van der Waals surface area contributed by atoms with E-state index in [1.165, 1.54) is 0 Å². The predicted molar refractivity (Wildman–Crippen MR) is 187 cm³/mol. The van der Waals surface area contributed by atoms with E-state index in [2.05, 4.69) is 53.5 Å². The van der Waals surface area contributed by atoms with Crippen LogP contribution in [0.5, 0.6) is 0 Å². The monoisotopic (exact) mass is 603 g/mol. The van der Waals surface area contributed by atoms with E-state index in [9.17, 15) is 0 Å². The van der Waals surface area contributed by atoms with Crippen LogP contribution in [0.3, 0.4) is 0 Å². The van der Waals surface area contributed by atoms with Crippen LogP contribution >= 0.6 is 0 Å². The molecule has 0 aliphatic carbocycles. The molecule has 6 nitrogen and oxygen atoms in total. The Kier molecular flexibility index (Phi) is 6.35. The lowest BCUT2D eigenvalue weighted by Gasteiger charge is -2.09. The highest BCUT2D eigenvalue weighted by Crippen LogP contribution is 2.35. The van der Waals surface area contributed by atoms with Gasteiger partial charge in [0.1, 0.15) is 5.58 Å². The minimum Gasteiger partial charge on any atom is -0.454 e. The number of hydrogen-bond acceptors (Lipinski definition) is 6. The molecule has 0 spiro atoms. The van der Waals surface area contributed by atoms with Gasteiger partial charge in [-0.25, -0.2) is 15.0 Å². The summed E-state index contributed by atoms with van der Waals surface area (Å²) < 4.78 is 6.20. The highest BCUT2D eigenvalue weighted by Gasteiger charge is 2.15. The molecule has 47 heavy (non-hydrogen) atoms. The molecule has 0 saturated heterocycles. The van der Waals surface area contributed by atoms with Gasteiger partial charge in [0.15, 0.2) is 23.1 Å². The van der Waals surface area contributed by atoms with Crippen LogP contribution in [-0.2, 0) is 0 Å². The molecule has 4 heterocycles. The molecule has 0 fully saturated rings. The summed E-state index contributed by atoms with van der Waals surface area (Å²) in [5, 5.41) is 4.24. The highest BCUT2D eigenvalue weighted by atomic mass is 16.3. The maximum atomic E-state index is 6.20. The van der Waals surface area contributed by atoms with Gasteiger partial charge < -0.3 is 4.42 Å². The van der Waals surface area contributed by atoms with Gasteiger partial charge in [-0.05, 0) is 46.8 Å². The lowest BCUT2D eigenvalue weighted by atomic mass is 10.0. The fraction of sp³-hybridized carbons (Fsp3) is 0. The van der Waals surface area contributed by atoms with Gasteiger partial charge in [0, 0.05) is 39.0 Å². The summed E-state index contributed by atoms with van der Waals surface area (Å²) in [4.78, 5) is 24.1. The third-order valence-electron chi connectivity index (χ3n) is 8.40. The molecule has 6 heteroatoms. The number of nitrogens with zero attached hydrogens (tertiary/aromatic N) is 5. The van der Waals surface area contributed by atoms with E-state index in [1.54, 1.807) is 6.20 Å². The summed E-state index contributed by atoms with van der Waals surface area (Å²) in [6.07, 6.45) is 3.69. The summed E-state index contributed by atoms with van der Waals surface area (Å²) in [5.74, 6) is 1.89. The van der Waals surface area contributed by atoms with E-state index in [1.807, 2.05) is 97.2 Å². The number of pyridine rings is 2. The fourth-order valence-electron chi connectivity index (χ4n) is 6.00. The van der Waals surface area contributed by atoms with Gasteiger partial charge in [-0.1, -0.05) is 109 Å². The van der Waals surface area contributed by atoms with Crippen LogP contribution in [0.15, 0.2) is 156 Å². The van der Waals surface area contributed by atoms with Crippen LogP contribution in [-0.4, -0.2) is 24.9 Å². The average Bonchev–Trinajstić information content (AvgIpc) is 3.52. The van der Waals surface area contributed by atoms with Gasteiger partial charge in [0.25, 0.3) is 0 Å². The molecular formula is C41H25N5O. The van der Waals surface area contributed by atoms with E-state index in [4.69, 9.17) is 24.4 Å². The molecule has 0 aliphatic rings. The number of aromatic nitrogens is 5. The van der Waals surface area contributed by atoms with Crippen LogP contribution in [0.4, 0.5) is 0 Å². The van der Waals surface area contributed by atoms with Gasteiger partial charge in [-0.15, -0.1) is 0 Å². The average molecular weight is 604 g/mol. The van der Waals surface area contributed by atoms with Crippen molar-refractivity contribution in [3.63, 3.8) is 0 Å². The molecule has 0 unspecified atom stereocenters. The van der Waals surface area contributed by atoms with Gasteiger partial charge in [0.05, 0.1) is 17.6 Å².